The zero-order valence-corrected chi connectivity index (χ0v) is 15.6. The van der Waals surface area contributed by atoms with Crippen molar-refractivity contribution in [1.82, 2.24) is 4.31 Å². The van der Waals surface area contributed by atoms with Crippen LogP contribution >= 0.6 is 0 Å². The third-order valence-corrected chi connectivity index (χ3v) is 6.01. The van der Waals surface area contributed by atoms with Crippen molar-refractivity contribution in [3.63, 3.8) is 0 Å². The first-order valence-corrected chi connectivity index (χ1v) is 9.69. The highest BCUT2D eigenvalue weighted by molar-refractivity contribution is 7.89. The van der Waals surface area contributed by atoms with Gasteiger partial charge in [-0.05, 0) is 42.2 Å². The Morgan fingerprint density at radius 2 is 1.68 bits per heavy atom. The second kappa shape index (κ2) is 8.27. The van der Waals surface area contributed by atoms with Gasteiger partial charge in [-0.3, -0.25) is 4.79 Å². The van der Waals surface area contributed by atoms with Gasteiger partial charge in [0.1, 0.15) is 0 Å². The van der Waals surface area contributed by atoms with E-state index in [-0.39, 0.29) is 17.3 Å². The molecule has 0 spiro atoms. The Labute approximate surface area is 149 Å². The van der Waals surface area contributed by atoms with Gasteiger partial charge in [0.25, 0.3) is 0 Å². The van der Waals surface area contributed by atoms with Crippen LogP contribution in [0.15, 0.2) is 59.5 Å². The van der Waals surface area contributed by atoms with E-state index in [1.165, 1.54) is 24.7 Å². The number of hydrogen-bond donors (Lipinski definition) is 1. The summed E-state index contributed by atoms with van der Waals surface area (Å²) in [4.78, 5) is 12.3. The molecule has 1 atom stereocenters. The van der Waals surface area contributed by atoms with Gasteiger partial charge in [-0.15, -0.1) is 0 Å². The Balaban J connectivity index is 2.00. The molecule has 0 saturated heterocycles. The van der Waals surface area contributed by atoms with Crippen LogP contribution < -0.4 is 5.32 Å². The average molecular weight is 360 g/mol. The Morgan fingerprint density at radius 1 is 1.08 bits per heavy atom. The SMILES string of the molecule is CC[C@@H](C)c1ccc(NC(=O)CN(C)S(=O)(=O)c2ccccc2)cc1. The number of hydrogen-bond acceptors (Lipinski definition) is 3. The number of anilines is 1. The summed E-state index contributed by atoms with van der Waals surface area (Å²) in [6.07, 6.45) is 1.05. The highest BCUT2D eigenvalue weighted by Gasteiger charge is 2.22. The van der Waals surface area contributed by atoms with Gasteiger partial charge in [0.2, 0.25) is 15.9 Å². The van der Waals surface area contributed by atoms with Crippen LogP contribution in [0.4, 0.5) is 5.69 Å². The molecule has 6 heteroatoms. The van der Waals surface area contributed by atoms with Crippen LogP contribution in [0, 0.1) is 0 Å². The van der Waals surface area contributed by atoms with E-state index in [9.17, 15) is 13.2 Å². The van der Waals surface area contributed by atoms with Crippen molar-refractivity contribution in [3.05, 3.63) is 60.2 Å². The summed E-state index contributed by atoms with van der Waals surface area (Å²) in [7, 11) is -2.28. The van der Waals surface area contributed by atoms with Crippen molar-refractivity contribution in [2.75, 3.05) is 18.9 Å². The minimum Gasteiger partial charge on any atom is -0.325 e. The Kier molecular flexibility index (Phi) is 6.33. The molecule has 0 fully saturated rings. The quantitative estimate of drug-likeness (QED) is 0.822. The summed E-state index contributed by atoms with van der Waals surface area (Å²) < 4.78 is 25.9. The minimum absolute atomic E-state index is 0.170. The van der Waals surface area contributed by atoms with Crippen LogP contribution in [0.1, 0.15) is 31.7 Å². The molecule has 5 nitrogen and oxygen atoms in total. The fourth-order valence-corrected chi connectivity index (χ4v) is 3.54. The van der Waals surface area contributed by atoms with Gasteiger partial charge in [-0.25, -0.2) is 8.42 Å². The molecule has 1 amide bonds. The number of likely N-dealkylation sites (N-methyl/N-ethyl adjacent to an activating group) is 1. The maximum absolute atomic E-state index is 12.4. The molecule has 2 rings (SSSR count). The summed E-state index contributed by atoms with van der Waals surface area (Å²) in [6, 6.07) is 15.7. The third-order valence-electron chi connectivity index (χ3n) is 4.19. The largest absolute Gasteiger partial charge is 0.325 e. The molecule has 0 saturated carbocycles. The lowest BCUT2D eigenvalue weighted by atomic mass is 9.99. The van der Waals surface area contributed by atoms with Crippen LogP contribution in [-0.2, 0) is 14.8 Å². The van der Waals surface area contributed by atoms with Crippen LogP contribution in [0.2, 0.25) is 0 Å². The van der Waals surface area contributed by atoms with Gasteiger partial charge in [-0.2, -0.15) is 4.31 Å². The summed E-state index contributed by atoms with van der Waals surface area (Å²) in [5.41, 5.74) is 1.87. The van der Waals surface area contributed by atoms with Crippen molar-refractivity contribution in [3.8, 4) is 0 Å². The lowest BCUT2D eigenvalue weighted by Crippen LogP contribution is -2.34. The first-order valence-electron chi connectivity index (χ1n) is 8.25. The smallest absolute Gasteiger partial charge is 0.243 e. The predicted octanol–water partition coefficient (Wildman–Crippen LogP) is 3.46. The second-order valence-corrected chi connectivity index (χ2v) is 8.10. The molecule has 0 heterocycles. The maximum Gasteiger partial charge on any atom is 0.243 e. The van der Waals surface area contributed by atoms with Crippen LogP contribution in [0.3, 0.4) is 0 Å². The van der Waals surface area contributed by atoms with Gasteiger partial charge in [-0.1, -0.05) is 44.2 Å². The number of nitrogens with one attached hydrogen (secondary N) is 1. The van der Waals surface area contributed by atoms with E-state index in [1.807, 2.05) is 24.3 Å². The molecule has 0 aliphatic heterocycles. The summed E-state index contributed by atoms with van der Waals surface area (Å²) >= 11 is 0. The third kappa shape index (κ3) is 4.90. The van der Waals surface area contributed by atoms with Crippen LogP contribution in [-0.4, -0.2) is 32.2 Å². The molecule has 0 bridgehead atoms. The molecule has 0 radical (unpaired) electrons. The van der Waals surface area contributed by atoms with Gasteiger partial charge in [0.15, 0.2) is 0 Å². The Hall–Kier alpha value is -2.18. The Morgan fingerprint density at radius 3 is 2.24 bits per heavy atom. The molecule has 25 heavy (non-hydrogen) atoms. The molecule has 1 N–H and O–H groups in total. The predicted molar refractivity (Wildman–Crippen MR) is 100 cm³/mol. The number of sulfonamides is 1. The Bertz CT molecular complexity index is 802. The van der Waals surface area contributed by atoms with Crippen LogP contribution in [0.25, 0.3) is 0 Å². The average Bonchev–Trinajstić information content (AvgIpc) is 2.62. The monoisotopic (exact) mass is 360 g/mol. The van der Waals surface area contributed by atoms with Crippen molar-refractivity contribution < 1.29 is 13.2 Å². The van der Waals surface area contributed by atoms with Gasteiger partial charge in [0, 0.05) is 12.7 Å². The number of carbonyl (C=O) groups is 1. The summed E-state index contributed by atoms with van der Waals surface area (Å²) in [5.74, 6) is 0.0881. The summed E-state index contributed by atoms with van der Waals surface area (Å²) in [6.45, 7) is 4.03. The number of benzene rings is 2. The van der Waals surface area contributed by atoms with Gasteiger partial charge < -0.3 is 5.32 Å². The molecular formula is C19H24N2O3S. The molecular weight excluding hydrogens is 336 g/mol. The van der Waals surface area contributed by atoms with E-state index in [1.54, 1.807) is 18.2 Å². The lowest BCUT2D eigenvalue weighted by molar-refractivity contribution is -0.116. The molecule has 0 aliphatic rings. The normalized spacial score (nSPS) is 12.8. The number of rotatable bonds is 7. The molecule has 134 valence electrons. The molecule has 2 aromatic rings. The highest BCUT2D eigenvalue weighted by atomic mass is 32.2. The van der Waals surface area contributed by atoms with Crippen molar-refractivity contribution in [2.45, 2.75) is 31.1 Å². The maximum atomic E-state index is 12.4. The van der Waals surface area contributed by atoms with Crippen LogP contribution in [0.5, 0.6) is 0 Å². The van der Waals surface area contributed by atoms with Crippen molar-refractivity contribution >= 4 is 21.6 Å². The van der Waals surface area contributed by atoms with E-state index in [2.05, 4.69) is 19.2 Å². The first kappa shape index (κ1) is 19.1. The van der Waals surface area contributed by atoms with E-state index in [4.69, 9.17) is 0 Å². The topological polar surface area (TPSA) is 66.5 Å². The number of carbonyl (C=O) groups excluding carboxylic acids is 1. The van der Waals surface area contributed by atoms with Gasteiger partial charge in [0.05, 0.1) is 11.4 Å². The standard InChI is InChI=1S/C19H24N2O3S/c1-4-15(2)16-10-12-17(13-11-16)20-19(22)14-21(3)25(23,24)18-8-6-5-7-9-18/h5-13,15H,4,14H2,1-3H3,(H,20,22)/t15-/m1/s1. The zero-order chi connectivity index (χ0) is 18.4. The van der Waals surface area contributed by atoms with Crippen molar-refractivity contribution in [1.29, 1.82) is 0 Å². The molecule has 0 unspecified atom stereocenters. The molecule has 0 aromatic heterocycles. The lowest BCUT2D eigenvalue weighted by Gasteiger charge is -2.17. The highest BCUT2D eigenvalue weighted by Crippen LogP contribution is 2.20. The fourth-order valence-electron chi connectivity index (χ4n) is 2.39. The molecule has 0 aliphatic carbocycles. The zero-order valence-electron chi connectivity index (χ0n) is 14.8. The second-order valence-electron chi connectivity index (χ2n) is 6.05. The van der Waals surface area contributed by atoms with Gasteiger partial charge >= 0.3 is 0 Å². The van der Waals surface area contributed by atoms with E-state index in [0.717, 1.165) is 10.7 Å². The van der Waals surface area contributed by atoms with Crippen molar-refractivity contribution in [2.24, 2.45) is 0 Å². The van der Waals surface area contributed by atoms with E-state index in [0.29, 0.717) is 11.6 Å². The van der Waals surface area contributed by atoms with E-state index >= 15 is 0 Å². The molecule has 2 aromatic carbocycles. The summed E-state index contributed by atoms with van der Waals surface area (Å²) in [5, 5.41) is 2.74. The first-order chi connectivity index (χ1) is 11.8. The fraction of sp³-hybridized carbons (Fsp3) is 0.316. The number of amides is 1. The minimum atomic E-state index is -3.68. The van der Waals surface area contributed by atoms with E-state index < -0.39 is 10.0 Å². The number of nitrogens with zero attached hydrogens (tertiary/aromatic N) is 1.